The number of carbonyl (C=O) groups is 2. The average molecular weight is 336 g/mol. The molecule has 0 bridgehead atoms. The van der Waals surface area contributed by atoms with Crippen LogP contribution in [-0.2, 0) is 9.59 Å². The first-order valence-corrected chi connectivity index (χ1v) is 8.22. The number of ether oxygens (including phenoxy) is 1. The van der Waals surface area contributed by atoms with Gasteiger partial charge in [-0.2, -0.15) is 0 Å². The highest BCUT2D eigenvalue weighted by molar-refractivity contribution is 5.91. The van der Waals surface area contributed by atoms with Crippen LogP contribution >= 0.6 is 0 Å². The number of hydrogen-bond donors (Lipinski definition) is 3. The van der Waals surface area contributed by atoms with Gasteiger partial charge in [-0.05, 0) is 43.5 Å². The van der Waals surface area contributed by atoms with Crippen LogP contribution < -0.4 is 15.4 Å². The maximum absolute atomic E-state index is 12.0. The van der Waals surface area contributed by atoms with Crippen molar-refractivity contribution in [1.29, 1.82) is 0 Å². The Morgan fingerprint density at radius 2 is 1.79 bits per heavy atom. The number of hydrogen-bond acceptors (Lipinski definition) is 4. The highest BCUT2D eigenvalue weighted by atomic mass is 16.5. The molecule has 0 fully saturated rings. The van der Waals surface area contributed by atoms with E-state index >= 15 is 0 Å². The summed E-state index contributed by atoms with van der Waals surface area (Å²) in [5.41, 5.74) is 0.705. The van der Waals surface area contributed by atoms with Crippen LogP contribution in [-0.4, -0.2) is 36.7 Å². The highest BCUT2D eigenvalue weighted by Crippen LogP contribution is 2.15. The maximum atomic E-state index is 12.0. The first-order valence-electron chi connectivity index (χ1n) is 8.22. The molecule has 24 heavy (non-hydrogen) atoms. The lowest BCUT2D eigenvalue weighted by Crippen LogP contribution is -2.37. The molecule has 2 atom stereocenters. The molecule has 3 N–H and O–H groups in total. The van der Waals surface area contributed by atoms with E-state index in [1.807, 2.05) is 20.8 Å². The summed E-state index contributed by atoms with van der Waals surface area (Å²) in [5.74, 6) is -0.298. The van der Waals surface area contributed by atoms with Gasteiger partial charge in [-0.1, -0.05) is 13.8 Å². The fourth-order valence-corrected chi connectivity index (χ4v) is 2.42. The summed E-state index contributed by atoms with van der Waals surface area (Å²) in [6.45, 7) is 6.25. The van der Waals surface area contributed by atoms with E-state index < -0.39 is 11.9 Å². The maximum Gasteiger partial charge on any atom is 0.307 e. The number of nitrogens with one attached hydrogen (secondary N) is 2. The van der Waals surface area contributed by atoms with Crippen LogP contribution in [0.25, 0.3) is 0 Å². The van der Waals surface area contributed by atoms with Crippen molar-refractivity contribution in [3.05, 3.63) is 24.3 Å². The molecule has 1 aromatic rings. The molecule has 1 rings (SSSR count). The van der Waals surface area contributed by atoms with Gasteiger partial charge in [-0.3, -0.25) is 9.59 Å². The number of rotatable bonds is 10. The molecular formula is C18H28N2O4. The topological polar surface area (TPSA) is 87.7 Å². The minimum Gasteiger partial charge on any atom is -0.497 e. The molecular weight excluding hydrogens is 308 g/mol. The van der Waals surface area contributed by atoms with E-state index in [1.54, 1.807) is 31.4 Å². The van der Waals surface area contributed by atoms with Gasteiger partial charge in [0.05, 0.1) is 13.0 Å². The molecule has 0 radical (unpaired) electrons. The summed E-state index contributed by atoms with van der Waals surface area (Å²) in [4.78, 5) is 23.3. The van der Waals surface area contributed by atoms with Gasteiger partial charge < -0.3 is 20.5 Å². The Balaban J connectivity index is 2.41. The molecule has 6 heteroatoms. The number of carboxylic acids is 1. The minimum absolute atomic E-state index is 0.0998. The number of methoxy groups -OCH3 is 1. The fraction of sp³-hybridized carbons (Fsp3) is 0.556. The molecule has 0 saturated heterocycles. The Bertz CT molecular complexity index is 528. The molecule has 6 nitrogen and oxygen atoms in total. The van der Waals surface area contributed by atoms with Crippen LogP contribution in [0.2, 0.25) is 0 Å². The average Bonchev–Trinajstić information content (AvgIpc) is 2.51. The second-order valence-corrected chi connectivity index (χ2v) is 6.45. The van der Waals surface area contributed by atoms with Crippen molar-refractivity contribution in [2.45, 2.75) is 39.7 Å². The van der Waals surface area contributed by atoms with Gasteiger partial charge in [0, 0.05) is 24.7 Å². The lowest BCUT2D eigenvalue weighted by atomic mass is 9.97. The Morgan fingerprint density at radius 1 is 1.17 bits per heavy atom. The van der Waals surface area contributed by atoms with Gasteiger partial charge in [-0.15, -0.1) is 0 Å². The number of benzene rings is 1. The largest absolute Gasteiger partial charge is 0.497 e. The van der Waals surface area contributed by atoms with Gasteiger partial charge in [0.25, 0.3) is 0 Å². The number of carboxylic acid groups (broad SMARTS) is 1. The first kappa shape index (κ1) is 20.0. The van der Waals surface area contributed by atoms with Gasteiger partial charge in [0.2, 0.25) is 5.91 Å². The van der Waals surface area contributed by atoms with Crippen molar-refractivity contribution in [1.82, 2.24) is 5.32 Å². The normalized spacial score (nSPS) is 13.4. The minimum atomic E-state index is -0.800. The predicted octanol–water partition coefficient (Wildman–Crippen LogP) is 2.75. The Kier molecular flexibility index (Phi) is 8.26. The molecule has 0 aliphatic rings. The number of aliphatic carboxylic acids is 1. The molecule has 134 valence electrons. The van der Waals surface area contributed by atoms with Crippen LogP contribution in [0.4, 0.5) is 5.69 Å². The quantitative estimate of drug-likeness (QED) is 0.611. The Hall–Kier alpha value is -2.08. The van der Waals surface area contributed by atoms with Gasteiger partial charge in [0.15, 0.2) is 0 Å². The van der Waals surface area contributed by atoms with Gasteiger partial charge in [0.1, 0.15) is 5.75 Å². The third-order valence-corrected chi connectivity index (χ3v) is 3.68. The smallest absolute Gasteiger partial charge is 0.307 e. The Morgan fingerprint density at radius 3 is 2.29 bits per heavy atom. The third-order valence-electron chi connectivity index (χ3n) is 3.68. The summed E-state index contributed by atoms with van der Waals surface area (Å²) >= 11 is 0. The van der Waals surface area contributed by atoms with Crippen molar-refractivity contribution in [2.75, 3.05) is 19.0 Å². The second kappa shape index (κ2) is 9.93. The lowest BCUT2D eigenvalue weighted by molar-refractivity contribution is -0.142. The van der Waals surface area contributed by atoms with E-state index in [0.29, 0.717) is 24.6 Å². The standard InChI is InChI=1S/C18H28N2O4/c1-12(2)9-14(18(22)23)11-19-13(3)10-17(21)20-15-5-7-16(24-4)8-6-15/h5-8,12-14,19H,9-11H2,1-4H3,(H,20,21)(H,22,23). The molecule has 0 aliphatic carbocycles. The molecule has 0 spiro atoms. The van der Waals surface area contributed by atoms with Crippen LogP contribution in [0.15, 0.2) is 24.3 Å². The summed E-state index contributed by atoms with van der Waals surface area (Å²) in [6.07, 6.45) is 0.896. The number of anilines is 1. The number of carbonyl (C=O) groups excluding carboxylic acids is 1. The SMILES string of the molecule is COc1ccc(NC(=O)CC(C)NCC(CC(C)C)C(=O)O)cc1. The van der Waals surface area contributed by atoms with Gasteiger partial charge in [-0.25, -0.2) is 0 Å². The summed E-state index contributed by atoms with van der Waals surface area (Å²) < 4.78 is 5.07. The van der Waals surface area contributed by atoms with Crippen molar-refractivity contribution >= 4 is 17.6 Å². The zero-order valence-corrected chi connectivity index (χ0v) is 14.8. The zero-order valence-electron chi connectivity index (χ0n) is 14.8. The van der Waals surface area contributed by atoms with Crippen LogP contribution in [0.1, 0.15) is 33.6 Å². The van der Waals surface area contributed by atoms with Crippen molar-refractivity contribution < 1.29 is 19.4 Å². The Labute approximate surface area is 143 Å². The van der Waals surface area contributed by atoms with E-state index in [4.69, 9.17) is 4.74 Å². The van der Waals surface area contributed by atoms with Crippen LogP contribution in [0.5, 0.6) is 5.75 Å². The molecule has 2 unspecified atom stereocenters. The summed E-state index contributed by atoms with van der Waals surface area (Å²) in [5, 5.41) is 15.2. The molecule has 0 heterocycles. The molecule has 1 amide bonds. The van der Waals surface area contributed by atoms with Crippen molar-refractivity contribution in [3.63, 3.8) is 0 Å². The zero-order chi connectivity index (χ0) is 18.1. The van der Waals surface area contributed by atoms with E-state index in [-0.39, 0.29) is 18.4 Å². The molecule has 0 saturated carbocycles. The van der Waals surface area contributed by atoms with E-state index in [1.165, 1.54) is 0 Å². The molecule has 0 aliphatic heterocycles. The first-order chi connectivity index (χ1) is 11.3. The van der Waals surface area contributed by atoms with Crippen molar-refractivity contribution in [3.8, 4) is 5.75 Å². The highest BCUT2D eigenvalue weighted by Gasteiger charge is 2.20. The fourth-order valence-electron chi connectivity index (χ4n) is 2.42. The van der Waals surface area contributed by atoms with E-state index in [0.717, 1.165) is 5.75 Å². The molecule has 1 aromatic carbocycles. The number of amides is 1. The monoisotopic (exact) mass is 336 g/mol. The lowest BCUT2D eigenvalue weighted by Gasteiger charge is -2.19. The van der Waals surface area contributed by atoms with Gasteiger partial charge >= 0.3 is 5.97 Å². The van der Waals surface area contributed by atoms with Crippen LogP contribution in [0, 0.1) is 11.8 Å². The summed E-state index contributed by atoms with van der Waals surface area (Å²) in [6, 6.07) is 7.01. The predicted molar refractivity (Wildman–Crippen MR) is 94.3 cm³/mol. The second-order valence-electron chi connectivity index (χ2n) is 6.45. The van der Waals surface area contributed by atoms with Crippen LogP contribution in [0.3, 0.4) is 0 Å². The van der Waals surface area contributed by atoms with E-state index in [9.17, 15) is 14.7 Å². The summed E-state index contributed by atoms with van der Waals surface area (Å²) in [7, 11) is 1.59. The van der Waals surface area contributed by atoms with Crippen molar-refractivity contribution in [2.24, 2.45) is 11.8 Å². The third kappa shape index (κ3) is 7.46. The van der Waals surface area contributed by atoms with E-state index in [2.05, 4.69) is 10.6 Å². The molecule has 0 aromatic heterocycles.